The minimum absolute atomic E-state index is 0.133. The van der Waals surface area contributed by atoms with Crippen LogP contribution in [0.25, 0.3) is 0 Å². The van der Waals surface area contributed by atoms with Gasteiger partial charge in [-0.05, 0) is 63.6 Å². The zero-order valence-electron chi connectivity index (χ0n) is 15.0. The van der Waals surface area contributed by atoms with Gasteiger partial charge in [-0.25, -0.2) is 0 Å². The van der Waals surface area contributed by atoms with E-state index in [-0.39, 0.29) is 11.9 Å². The number of halogens is 1. The molecule has 0 spiro atoms. The largest absolute Gasteiger partial charge is 0.491 e. The van der Waals surface area contributed by atoms with Gasteiger partial charge >= 0.3 is 0 Å². The van der Waals surface area contributed by atoms with E-state index < -0.39 is 6.10 Å². The Kier molecular flexibility index (Phi) is 6.71. The van der Waals surface area contributed by atoms with Gasteiger partial charge in [0.2, 0.25) is 0 Å². The fourth-order valence-corrected chi connectivity index (χ4v) is 2.32. The second-order valence-corrected chi connectivity index (χ2v) is 6.61. The maximum atomic E-state index is 12.2. The summed E-state index contributed by atoms with van der Waals surface area (Å²) in [5.74, 6) is 1.22. The van der Waals surface area contributed by atoms with E-state index >= 15 is 0 Å². The standard InChI is InChI=1S/C20H24ClNO3/c1-13-5-7-17(8-6-13)24-12-15(3)22-20(23)16(4)25-18-9-10-19(21)14(2)11-18/h5-11,15-16H,12H2,1-4H3,(H,22,23)/t15-,16+/m0/s1. The molecule has 0 saturated heterocycles. The summed E-state index contributed by atoms with van der Waals surface area (Å²) in [5, 5.41) is 3.57. The highest BCUT2D eigenvalue weighted by Gasteiger charge is 2.17. The van der Waals surface area contributed by atoms with Crippen molar-refractivity contribution in [3.63, 3.8) is 0 Å². The Balaban J connectivity index is 1.81. The van der Waals surface area contributed by atoms with Crippen LogP contribution in [0.5, 0.6) is 11.5 Å². The molecule has 4 nitrogen and oxygen atoms in total. The molecule has 0 aromatic heterocycles. The lowest BCUT2D eigenvalue weighted by molar-refractivity contribution is -0.128. The van der Waals surface area contributed by atoms with E-state index in [1.807, 2.05) is 51.1 Å². The number of benzene rings is 2. The van der Waals surface area contributed by atoms with Crippen LogP contribution in [0, 0.1) is 13.8 Å². The third kappa shape index (κ3) is 5.98. The first-order valence-corrected chi connectivity index (χ1v) is 8.65. The summed E-state index contributed by atoms with van der Waals surface area (Å²) < 4.78 is 11.4. The van der Waals surface area contributed by atoms with Crippen molar-refractivity contribution in [2.24, 2.45) is 0 Å². The molecule has 134 valence electrons. The van der Waals surface area contributed by atoms with Crippen molar-refractivity contribution in [3.05, 3.63) is 58.6 Å². The Morgan fingerprint density at radius 3 is 2.36 bits per heavy atom. The molecule has 0 saturated carbocycles. The van der Waals surface area contributed by atoms with Crippen LogP contribution in [0.1, 0.15) is 25.0 Å². The highest BCUT2D eigenvalue weighted by atomic mass is 35.5. The Morgan fingerprint density at radius 2 is 1.72 bits per heavy atom. The first-order valence-electron chi connectivity index (χ1n) is 8.28. The fourth-order valence-electron chi connectivity index (χ4n) is 2.21. The zero-order valence-corrected chi connectivity index (χ0v) is 15.8. The van der Waals surface area contributed by atoms with Crippen LogP contribution in [-0.4, -0.2) is 24.7 Å². The average molecular weight is 362 g/mol. The average Bonchev–Trinajstić information content (AvgIpc) is 2.57. The van der Waals surface area contributed by atoms with E-state index in [2.05, 4.69) is 5.32 Å². The van der Waals surface area contributed by atoms with E-state index in [9.17, 15) is 4.79 Å². The number of aryl methyl sites for hydroxylation is 2. The van der Waals surface area contributed by atoms with Crippen LogP contribution in [0.2, 0.25) is 5.02 Å². The van der Waals surface area contributed by atoms with E-state index in [0.717, 1.165) is 11.3 Å². The molecule has 0 aliphatic rings. The number of amides is 1. The van der Waals surface area contributed by atoms with Gasteiger partial charge in [-0.2, -0.15) is 0 Å². The molecule has 2 atom stereocenters. The normalized spacial score (nSPS) is 13.0. The third-order valence-electron chi connectivity index (χ3n) is 3.72. The molecule has 2 aromatic rings. The topological polar surface area (TPSA) is 47.6 Å². The van der Waals surface area contributed by atoms with E-state index in [1.165, 1.54) is 5.56 Å². The number of ether oxygens (including phenoxy) is 2. The molecular weight excluding hydrogens is 338 g/mol. The molecule has 1 amide bonds. The Bertz CT molecular complexity index is 715. The van der Waals surface area contributed by atoms with Crippen molar-refractivity contribution in [3.8, 4) is 11.5 Å². The van der Waals surface area contributed by atoms with E-state index in [1.54, 1.807) is 19.1 Å². The van der Waals surface area contributed by atoms with Crippen molar-refractivity contribution in [2.75, 3.05) is 6.61 Å². The molecule has 0 aliphatic heterocycles. The molecule has 5 heteroatoms. The van der Waals surface area contributed by atoms with Gasteiger partial charge in [0.25, 0.3) is 5.91 Å². The number of hydrogen-bond acceptors (Lipinski definition) is 3. The van der Waals surface area contributed by atoms with Crippen molar-refractivity contribution in [2.45, 2.75) is 39.8 Å². The van der Waals surface area contributed by atoms with Crippen LogP contribution >= 0.6 is 11.6 Å². The lowest BCUT2D eigenvalue weighted by atomic mass is 10.2. The smallest absolute Gasteiger partial charge is 0.261 e. The Hall–Kier alpha value is -2.20. The Morgan fingerprint density at radius 1 is 1.08 bits per heavy atom. The first-order chi connectivity index (χ1) is 11.8. The van der Waals surface area contributed by atoms with Gasteiger partial charge in [0.15, 0.2) is 6.10 Å². The van der Waals surface area contributed by atoms with Gasteiger partial charge in [-0.1, -0.05) is 29.3 Å². The summed E-state index contributed by atoms with van der Waals surface area (Å²) in [5.41, 5.74) is 2.09. The number of carbonyl (C=O) groups excluding carboxylic acids is 1. The Labute approximate surface area is 154 Å². The molecule has 1 N–H and O–H groups in total. The maximum Gasteiger partial charge on any atom is 0.261 e. The number of carbonyl (C=O) groups is 1. The molecule has 2 rings (SSSR count). The van der Waals surface area contributed by atoms with E-state index in [0.29, 0.717) is 17.4 Å². The van der Waals surface area contributed by atoms with Gasteiger partial charge < -0.3 is 14.8 Å². The third-order valence-corrected chi connectivity index (χ3v) is 4.15. The number of nitrogens with one attached hydrogen (secondary N) is 1. The van der Waals surface area contributed by atoms with Gasteiger partial charge in [-0.3, -0.25) is 4.79 Å². The first kappa shape index (κ1) is 19.1. The molecular formula is C20H24ClNO3. The molecule has 0 radical (unpaired) electrons. The van der Waals surface area contributed by atoms with Crippen molar-refractivity contribution in [1.82, 2.24) is 5.32 Å². The van der Waals surface area contributed by atoms with E-state index in [4.69, 9.17) is 21.1 Å². The zero-order chi connectivity index (χ0) is 18.4. The molecule has 0 aliphatic carbocycles. The monoisotopic (exact) mass is 361 g/mol. The summed E-state index contributed by atoms with van der Waals surface area (Å²) >= 11 is 5.99. The fraction of sp³-hybridized carbons (Fsp3) is 0.350. The van der Waals surface area contributed by atoms with Crippen LogP contribution in [0.4, 0.5) is 0 Å². The number of hydrogen-bond donors (Lipinski definition) is 1. The van der Waals surface area contributed by atoms with Gasteiger partial charge in [0.05, 0.1) is 6.04 Å². The minimum atomic E-state index is -0.609. The predicted octanol–water partition coefficient (Wildman–Crippen LogP) is 4.31. The van der Waals surface area contributed by atoms with Crippen LogP contribution in [0.3, 0.4) is 0 Å². The minimum Gasteiger partial charge on any atom is -0.491 e. The summed E-state index contributed by atoms with van der Waals surface area (Å²) in [6, 6.07) is 13.0. The van der Waals surface area contributed by atoms with Crippen molar-refractivity contribution >= 4 is 17.5 Å². The van der Waals surface area contributed by atoms with Crippen LogP contribution in [0.15, 0.2) is 42.5 Å². The molecule has 0 unspecified atom stereocenters. The summed E-state index contributed by atoms with van der Waals surface area (Å²) in [7, 11) is 0. The highest BCUT2D eigenvalue weighted by molar-refractivity contribution is 6.31. The molecule has 2 aromatic carbocycles. The van der Waals surface area contributed by atoms with Crippen molar-refractivity contribution < 1.29 is 14.3 Å². The maximum absolute atomic E-state index is 12.2. The molecule has 0 heterocycles. The van der Waals surface area contributed by atoms with Gasteiger partial charge in [0, 0.05) is 5.02 Å². The molecule has 25 heavy (non-hydrogen) atoms. The van der Waals surface area contributed by atoms with Crippen LogP contribution in [-0.2, 0) is 4.79 Å². The van der Waals surface area contributed by atoms with Gasteiger partial charge in [0.1, 0.15) is 18.1 Å². The highest BCUT2D eigenvalue weighted by Crippen LogP contribution is 2.21. The lowest BCUT2D eigenvalue weighted by Crippen LogP contribution is -2.43. The number of rotatable bonds is 7. The van der Waals surface area contributed by atoms with Gasteiger partial charge in [-0.15, -0.1) is 0 Å². The second kappa shape index (κ2) is 8.77. The lowest BCUT2D eigenvalue weighted by Gasteiger charge is -2.19. The van der Waals surface area contributed by atoms with Crippen LogP contribution < -0.4 is 14.8 Å². The summed E-state index contributed by atoms with van der Waals surface area (Å²) in [6.07, 6.45) is -0.609. The molecule has 0 fully saturated rings. The SMILES string of the molecule is Cc1ccc(OC[C@H](C)NC(=O)[C@@H](C)Oc2ccc(Cl)c(C)c2)cc1. The predicted molar refractivity (Wildman–Crippen MR) is 101 cm³/mol. The summed E-state index contributed by atoms with van der Waals surface area (Å²) in [6.45, 7) is 7.92. The van der Waals surface area contributed by atoms with Crippen molar-refractivity contribution in [1.29, 1.82) is 0 Å². The second-order valence-electron chi connectivity index (χ2n) is 6.20. The summed E-state index contributed by atoms with van der Waals surface area (Å²) in [4.78, 5) is 12.2. The quantitative estimate of drug-likeness (QED) is 0.799. The molecule has 0 bridgehead atoms.